The first kappa shape index (κ1) is 11.6. The average molecular weight is 218 g/mol. The third-order valence-corrected chi connectivity index (χ3v) is 3.62. The highest BCUT2D eigenvalue weighted by molar-refractivity contribution is 5.32. The Morgan fingerprint density at radius 1 is 1.12 bits per heavy atom. The van der Waals surface area contributed by atoms with Gasteiger partial charge in [0.15, 0.2) is 0 Å². The first-order valence-electron chi connectivity index (χ1n) is 6.28. The molecule has 0 amide bonds. The standard InChI is InChI=1S/C14H22N2/c1-3-16(4-2)11-12-5-7-13(8-6-12)14(15)9-10-14/h5-8H,3-4,9-11,15H2,1-2H3. The smallest absolute Gasteiger partial charge is 0.0411 e. The molecule has 2 N–H and O–H groups in total. The van der Waals surface area contributed by atoms with E-state index < -0.39 is 0 Å². The van der Waals surface area contributed by atoms with E-state index in [1.165, 1.54) is 11.1 Å². The molecule has 2 nitrogen and oxygen atoms in total. The van der Waals surface area contributed by atoms with Crippen LogP contribution in [-0.4, -0.2) is 18.0 Å². The zero-order valence-corrected chi connectivity index (χ0v) is 10.4. The second-order valence-corrected chi connectivity index (χ2v) is 4.81. The van der Waals surface area contributed by atoms with Crippen molar-refractivity contribution in [2.24, 2.45) is 5.73 Å². The van der Waals surface area contributed by atoms with Gasteiger partial charge in [-0.1, -0.05) is 38.1 Å². The normalized spacial score (nSPS) is 17.8. The Labute approximate surface area is 98.4 Å². The minimum Gasteiger partial charge on any atom is -0.321 e. The summed E-state index contributed by atoms with van der Waals surface area (Å²) in [5, 5.41) is 0. The van der Waals surface area contributed by atoms with Gasteiger partial charge < -0.3 is 5.73 Å². The molecule has 1 saturated carbocycles. The summed E-state index contributed by atoms with van der Waals surface area (Å²) in [5.74, 6) is 0. The molecule has 2 heteroatoms. The molecule has 0 bridgehead atoms. The summed E-state index contributed by atoms with van der Waals surface area (Å²) in [6, 6.07) is 8.85. The molecule has 1 aromatic carbocycles. The van der Waals surface area contributed by atoms with Crippen LogP contribution >= 0.6 is 0 Å². The molecule has 1 aromatic rings. The van der Waals surface area contributed by atoms with Gasteiger partial charge in [0.1, 0.15) is 0 Å². The van der Waals surface area contributed by atoms with Crippen molar-refractivity contribution >= 4 is 0 Å². The molecular formula is C14H22N2. The lowest BCUT2D eigenvalue weighted by atomic mass is 10.0. The molecule has 0 aromatic heterocycles. The molecule has 0 atom stereocenters. The lowest BCUT2D eigenvalue weighted by Crippen LogP contribution is -2.22. The Morgan fingerprint density at radius 3 is 2.12 bits per heavy atom. The van der Waals surface area contributed by atoms with Crippen molar-refractivity contribution in [1.29, 1.82) is 0 Å². The molecule has 16 heavy (non-hydrogen) atoms. The summed E-state index contributed by atoms with van der Waals surface area (Å²) in [7, 11) is 0. The Morgan fingerprint density at radius 2 is 1.69 bits per heavy atom. The van der Waals surface area contributed by atoms with Crippen LogP contribution in [0.1, 0.15) is 37.8 Å². The molecule has 2 rings (SSSR count). The van der Waals surface area contributed by atoms with E-state index in [9.17, 15) is 0 Å². The molecule has 1 aliphatic carbocycles. The molecule has 0 unspecified atom stereocenters. The highest BCUT2D eigenvalue weighted by Crippen LogP contribution is 2.42. The van der Waals surface area contributed by atoms with Crippen molar-refractivity contribution in [3.63, 3.8) is 0 Å². The zero-order valence-electron chi connectivity index (χ0n) is 10.4. The highest BCUT2D eigenvalue weighted by Gasteiger charge is 2.39. The van der Waals surface area contributed by atoms with Crippen molar-refractivity contribution in [3.05, 3.63) is 35.4 Å². The third kappa shape index (κ3) is 2.45. The Bertz CT molecular complexity index is 334. The van der Waals surface area contributed by atoms with E-state index in [2.05, 4.69) is 43.0 Å². The van der Waals surface area contributed by atoms with E-state index in [0.717, 1.165) is 32.5 Å². The van der Waals surface area contributed by atoms with Crippen molar-refractivity contribution in [2.75, 3.05) is 13.1 Å². The fraction of sp³-hybridized carbons (Fsp3) is 0.571. The van der Waals surface area contributed by atoms with Crippen LogP contribution in [0.25, 0.3) is 0 Å². The van der Waals surface area contributed by atoms with Gasteiger partial charge >= 0.3 is 0 Å². The topological polar surface area (TPSA) is 29.3 Å². The maximum atomic E-state index is 6.16. The molecule has 0 spiro atoms. The summed E-state index contributed by atoms with van der Waals surface area (Å²) in [4.78, 5) is 2.42. The van der Waals surface area contributed by atoms with Crippen LogP contribution in [0.4, 0.5) is 0 Å². The minimum absolute atomic E-state index is 0.00767. The first-order valence-corrected chi connectivity index (χ1v) is 6.28. The molecule has 1 aliphatic rings. The quantitative estimate of drug-likeness (QED) is 0.822. The van der Waals surface area contributed by atoms with Gasteiger partial charge in [0.05, 0.1) is 0 Å². The zero-order chi connectivity index (χ0) is 11.6. The van der Waals surface area contributed by atoms with Crippen LogP contribution in [0.2, 0.25) is 0 Å². The maximum Gasteiger partial charge on any atom is 0.0411 e. The van der Waals surface area contributed by atoms with Crippen LogP contribution < -0.4 is 5.73 Å². The highest BCUT2D eigenvalue weighted by atomic mass is 15.1. The number of hydrogen-bond donors (Lipinski definition) is 1. The van der Waals surface area contributed by atoms with Gasteiger partial charge in [0.25, 0.3) is 0 Å². The van der Waals surface area contributed by atoms with Crippen LogP contribution in [0.5, 0.6) is 0 Å². The fourth-order valence-corrected chi connectivity index (χ4v) is 2.07. The lowest BCUT2D eigenvalue weighted by molar-refractivity contribution is 0.296. The third-order valence-electron chi connectivity index (χ3n) is 3.62. The summed E-state index contributed by atoms with van der Waals surface area (Å²) < 4.78 is 0. The van der Waals surface area contributed by atoms with E-state index in [1.54, 1.807) is 0 Å². The van der Waals surface area contributed by atoms with Gasteiger partial charge in [0.2, 0.25) is 0 Å². The second kappa shape index (κ2) is 4.56. The summed E-state index contributed by atoms with van der Waals surface area (Å²) >= 11 is 0. The summed E-state index contributed by atoms with van der Waals surface area (Å²) in [6.45, 7) is 7.68. The molecule has 0 aliphatic heterocycles. The maximum absolute atomic E-state index is 6.16. The molecule has 1 fully saturated rings. The van der Waals surface area contributed by atoms with E-state index in [-0.39, 0.29) is 5.54 Å². The lowest BCUT2D eigenvalue weighted by Gasteiger charge is -2.18. The molecule has 0 saturated heterocycles. The van der Waals surface area contributed by atoms with Crippen molar-refractivity contribution in [3.8, 4) is 0 Å². The molecule has 0 radical (unpaired) electrons. The van der Waals surface area contributed by atoms with Crippen LogP contribution in [-0.2, 0) is 12.1 Å². The van der Waals surface area contributed by atoms with Crippen molar-refractivity contribution in [2.45, 2.75) is 38.8 Å². The van der Waals surface area contributed by atoms with E-state index >= 15 is 0 Å². The van der Waals surface area contributed by atoms with E-state index in [1.807, 2.05) is 0 Å². The van der Waals surface area contributed by atoms with Crippen LogP contribution in [0.15, 0.2) is 24.3 Å². The van der Waals surface area contributed by atoms with Gasteiger partial charge in [-0.25, -0.2) is 0 Å². The van der Waals surface area contributed by atoms with Gasteiger partial charge in [-0.3, -0.25) is 4.90 Å². The van der Waals surface area contributed by atoms with Crippen molar-refractivity contribution < 1.29 is 0 Å². The molecule has 88 valence electrons. The number of benzene rings is 1. The number of nitrogens with zero attached hydrogens (tertiary/aromatic N) is 1. The Hall–Kier alpha value is -0.860. The molecular weight excluding hydrogens is 196 g/mol. The summed E-state index contributed by atoms with van der Waals surface area (Å²) in [6.07, 6.45) is 2.28. The van der Waals surface area contributed by atoms with Gasteiger partial charge in [-0.15, -0.1) is 0 Å². The second-order valence-electron chi connectivity index (χ2n) is 4.81. The van der Waals surface area contributed by atoms with Crippen LogP contribution in [0, 0.1) is 0 Å². The molecule has 0 heterocycles. The van der Waals surface area contributed by atoms with E-state index in [4.69, 9.17) is 5.73 Å². The van der Waals surface area contributed by atoms with Gasteiger partial charge in [-0.2, -0.15) is 0 Å². The fourth-order valence-electron chi connectivity index (χ4n) is 2.07. The average Bonchev–Trinajstić information content (AvgIpc) is 3.06. The van der Waals surface area contributed by atoms with Gasteiger partial charge in [0, 0.05) is 12.1 Å². The van der Waals surface area contributed by atoms with Crippen LogP contribution in [0.3, 0.4) is 0 Å². The Kier molecular flexibility index (Phi) is 3.31. The van der Waals surface area contributed by atoms with Gasteiger partial charge in [-0.05, 0) is 37.1 Å². The largest absolute Gasteiger partial charge is 0.321 e. The monoisotopic (exact) mass is 218 g/mol. The predicted molar refractivity (Wildman–Crippen MR) is 68.2 cm³/mol. The SMILES string of the molecule is CCN(CC)Cc1ccc(C2(N)CC2)cc1. The summed E-state index contributed by atoms with van der Waals surface area (Å²) in [5.41, 5.74) is 8.86. The number of rotatable bonds is 5. The predicted octanol–water partition coefficient (Wildman–Crippen LogP) is 2.48. The first-order chi connectivity index (χ1) is 7.68. The van der Waals surface area contributed by atoms with E-state index in [0.29, 0.717) is 0 Å². The number of hydrogen-bond acceptors (Lipinski definition) is 2. The Balaban J connectivity index is 2.02. The minimum atomic E-state index is 0.00767. The van der Waals surface area contributed by atoms with Crippen molar-refractivity contribution in [1.82, 2.24) is 4.90 Å². The number of nitrogens with two attached hydrogens (primary N) is 1.